The summed E-state index contributed by atoms with van der Waals surface area (Å²) < 4.78 is 15.9. The molecule has 156 valence electrons. The maximum absolute atomic E-state index is 12.6. The molecule has 0 radical (unpaired) electrons. The van der Waals surface area contributed by atoms with E-state index in [2.05, 4.69) is 5.32 Å². The maximum Gasteiger partial charge on any atom is 0.338 e. The van der Waals surface area contributed by atoms with Crippen LogP contribution < -0.4 is 14.8 Å². The second kappa shape index (κ2) is 11.3. The first-order valence-electron chi connectivity index (χ1n) is 9.53. The van der Waals surface area contributed by atoms with Crippen LogP contribution in [-0.2, 0) is 9.53 Å². The number of nitrogens with zero attached hydrogens (tertiary/aromatic N) is 1. The molecule has 0 atom stereocenters. The highest BCUT2D eigenvalue weighted by Crippen LogP contribution is 2.27. The van der Waals surface area contributed by atoms with Gasteiger partial charge in [0.25, 0.3) is 5.91 Å². The molecule has 0 saturated carbocycles. The summed E-state index contributed by atoms with van der Waals surface area (Å²) in [4.78, 5) is 24.3. The number of rotatable bonds is 9. The van der Waals surface area contributed by atoms with Gasteiger partial charge in [0.15, 0.2) is 0 Å². The highest BCUT2D eigenvalue weighted by Gasteiger charge is 2.13. The van der Waals surface area contributed by atoms with Crippen molar-refractivity contribution in [1.82, 2.24) is 0 Å². The molecule has 1 N–H and O–H groups in total. The summed E-state index contributed by atoms with van der Waals surface area (Å²) in [5, 5.41) is 12.1. The van der Waals surface area contributed by atoms with E-state index in [0.717, 1.165) is 6.42 Å². The van der Waals surface area contributed by atoms with Crippen molar-refractivity contribution in [2.24, 2.45) is 0 Å². The zero-order chi connectivity index (χ0) is 21.9. The number of benzene rings is 2. The van der Waals surface area contributed by atoms with Gasteiger partial charge in [-0.2, -0.15) is 5.26 Å². The predicted molar refractivity (Wildman–Crippen MR) is 113 cm³/mol. The molecule has 7 heteroatoms. The summed E-state index contributed by atoms with van der Waals surface area (Å²) in [6.45, 7) is 4.48. The Morgan fingerprint density at radius 1 is 1.13 bits per heavy atom. The predicted octanol–water partition coefficient (Wildman–Crippen LogP) is 4.21. The molecule has 0 fully saturated rings. The number of carbonyl (C=O) groups excluding carboxylic acids is 2. The number of nitriles is 1. The molecule has 1 amide bonds. The Hall–Kier alpha value is -3.79. The third-order valence-corrected chi connectivity index (χ3v) is 4.00. The molecule has 0 aromatic heterocycles. The Balaban J connectivity index is 2.21. The highest BCUT2D eigenvalue weighted by molar-refractivity contribution is 6.10. The number of ether oxygens (including phenoxy) is 3. The van der Waals surface area contributed by atoms with Crippen LogP contribution in [0, 0.1) is 11.3 Å². The number of hydrogen-bond acceptors (Lipinski definition) is 6. The highest BCUT2D eigenvalue weighted by atomic mass is 16.5. The summed E-state index contributed by atoms with van der Waals surface area (Å²) in [5.74, 6) is 0.129. The first kappa shape index (κ1) is 22.5. The van der Waals surface area contributed by atoms with Crippen molar-refractivity contribution in [2.75, 3.05) is 25.6 Å². The average molecular weight is 408 g/mol. The molecule has 0 saturated heterocycles. The number of amides is 1. The normalized spacial score (nSPS) is 10.7. The summed E-state index contributed by atoms with van der Waals surface area (Å²) >= 11 is 0. The van der Waals surface area contributed by atoms with Gasteiger partial charge in [-0.05, 0) is 55.8 Å². The minimum atomic E-state index is -0.571. The lowest BCUT2D eigenvalue weighted by Gasteiger charge is -2.11. The van der Waals surface area contributed by atoms with E-state index in [-0.39, 0.29) is 12.2 Å². The zero-order valence-corrected chi connectivity index (χ0v) is 17.2. The lowest BCUT2D eigenvalue weighted by atomic mass is 10.1. The van der Waals surface area contributed by atoms with Gasteiger partial charge in [-0.15, -0.1) is 0 Å². The Bertz CT molecular complexity index is 959. The monoisotopic (exact) mass is 408 g/mol. The van der Waals surface area contributed by atoms with Crippen LogP contribution in [0.5, 0.6) is 11.5 Å². The van der Waals surface area contributed by atoms with Gasteiger partial charge in [-0.3, -0.25) is 4.79 Å². The number of carbonyl (C=O) groups is 2. The third-order valence-electron chi connectivity index (χ3n) is 4.00. The summed E-state index contributed by atoms with van der Waals surface area (Å²) in [6, 6.07) is 13.3. The topological polar surface area (TPSA) is 97.6 Å². The van der Waals surface area contributed by atoms with Crippen LogP contribution >= 0.6 is 0 Å². The Labute approximate surface area is 175 Å². The first-order valence-corrected chi connectivity index (χ1v) is 9.53. The summed E-state index contributed by atoms with van der Waals surface area (Å²) in [6.07, 6.45) is 2.28. The number of anilines is 1. The lowest BCUT2D eigenvalue weighted by Crippen LogP contribution is -2.14. The molecule has 2 aromatic rings. The standard InChI is InChI=1S/C23H24N2O5/c1-4-12-30-21-14-20(28-3)11-8-17(21)13-18(15-24)22(26)25-19-9-6-16(7-10-19)23(27)29-5-2/h6-11,13-14H,4-5,12H2,1-3H3,(H,25,26)/b18-13+. The van der Waals surface area contributed by atoms with Gasteiger partial charge in [-0.25, -0.2) is 4.79 Å². The van der Waals surface area contributed by atoms with Gasteiger partial charge < -0.3 is 19.5 Å². The minimum Gasteiger partial charge on any atom is -0.497 e. The maximum atomic E-state index is 12.6. The number of nitrogens with one attached hydrogen (secondary N) is 1. The summed E-state index contributed by atoms with van der Waals surface area (Å²) in [7, 11) is 1.55. The molecule has 7 nitrogen and oxygen atoms in total. The number of methoxy groups -OCH3 is 1. The Morgan fingerprint density at radius 2 is 1.87 bits per heavy atom. The minimum absolute atomic E-state index is 0.0871. The van der Waals surface area contributed by atoms with E-state index in [1.165, 1.54) is 6.08 Å². The number of esters is 1. The lowest BCUT2D eigenvalue weighted by molar-refractivity contribution is -0.112. The van der Waals surface area contributed by atoms with Gasteiger partial charge in [-0.1, -0.05) is 6.92 Å². The van der Waals surface area contributed by atoms with E-state index >= 15 is 0 Å². The van der Waals surface area contributed by atoms with Crippen molar-refractivity contribution in [2.45, 2.75) is 20.3 Å². The van der Waals surface area contributed by atoms with Crippen molar-refractivity contribution in [3.8, 4) is 17.6 Å². The van der Waals surface area contributed by atoms with E-state index in [9.17, 15) is 14.9 Å². The summed E-state index contributed by atoms with van der Waals surface area (Å²) in [5.41, 5.74) is 1.33. The second-order valence-corrected chi connectivity index (χ2v) is 6.17. The van der Waals surface area contributed by atoms with E-state index < -0.39 is 11.9 Å². The fourth-order valence-electron chi connectivity index (χ4n) is 2.50. The molecule has 30 heavy (non-hydrogen) atoms. The van der Waals surface area contributed by atoms with Crippen LogP contribution in [0.4, 0.5) is 5.69 Å². The van der Waals surface area contributed by atoms with Crippen molar-refractivity contribution in [1.29, 1.82) is 5.26 Å². The molecule has 2 aromatic carbocycles. The van der Waals surface area contributed by atoms with Crippen LogP contribution in [0.25, 0.3) is 6.08 Å². The zero-order valence-electron chi connectivity index (χ0n) is 17.2. The molecule has 0 aliphatic carbocycles. The smallest absolute Gasteiger partial charge is 0.338 e. The fourth-order valence-corrected chi connectivity index (χ4v) is 2.50. The molecule has 0 bridgehead atoms. The van der Waals surface area contributed by atoms with Crippen LogP contribution in [0.2, 0.25) is 0 Å². The van der Waals surface area contributed by atoms with Crippen LogP contribution in [-0.4, -0.2) is 32.2 Å². The molecule has 0 heterocycles. The van der Waals surface area contributed by atoms with Crippen LogP contribution in [0.1, 0.15) is 36.2 Å². The van der Waals surface area contributed by atoms with Gasteiger partial charge in [0.2, 0.25) is 0 Å². The largest absolute Gasteiger partial charge is 0.497 e. The third kappa shape index (κ3) is 6.11. The molecular formula is C23H24N2O5. The molecule has 0 aliphatic heterocycles. The van der Waals surface area contributed by atoms with E-state index in [1.807, 2.05) is 13.0 Å². The second-order valence-electron chi connectivity index (χ2n) is 6.17. The van der Waals surface area contributed by atoms with Crippen LogP contribution in [0.15, 0.2) is 48.0 Å². The molecule has 0 aliphatic rings. The van der Waals surface area contributed by atoms with E-state index in [0.29, 0.717) is 34.9 Å². The van der Waals surface area contributed by atoms with Gasteiger partial charge in [0.1, 0.15) is 23.1 Å². The molecule has 0 unspecified atom stereocenters. The van der Waals surface area contributed by atoms with Gasteiger partial charge in [0.05, 0.1) is 25.9 Å². The number of hydrogen-bond donors (Lipinski definition) is 1. The van der Waals surface area contributed by atoms with E-state index in [4.69, 9.17) is 14.2 Å². The quantitative estimate of drug-likeness (QED) is 0.379. The van der Waals surface area contributed by atoms with Crippen molar-refractivity contribution in [3.63, 3.8) is 0 Å². The first-order chi connectivity index (χ1) is 14.5. The Kier molecular flexibility index (Phi) is 8.45. The van der Waals surface area contributed by atoms with Crippen molar-refractivity contribution >= 4 is 23.6 Å². The van der Waals surface area contributed by atoms with Gasteiger partial charge >= 0.3 is 5.97 Å². The molecule has 0 spiro atoms. The average Bonchev–Trinajstić information content (AvgIpc) is 2.76. The van der Waals surface area contributed by atoms with Crippen molar-refractivity contribution in [3.05, 3.63) is 59.2 Å². The Morgan fingerprint density at radius 3 is 2.47 bits per heavy atom. The fraction of sp³-hybridized carbons (Fsp3) is 0.261. The van der Waals surface area contributed by atoms with Crippen molar-refractivity contribution < 1.29 is 23.8 Å². The van der Waals surface area contributed by atoms with Crippen LogP contribution in [0.3, 0.4) is 0 Å². The van der Waals surface area contributed by atoms with Gasteiger partial charge in [0, 0.05) is 17.3 Å². The van der Waals surface area contributed by atoms with E-state index in [1.54, 1.807) is 56.5 Å². The molecule has 2 rings (SSSR count). The SMILES string of the molecule is CCCOc1cc(OC)ccc1/C=C(\C#N)C(=O)Nc1ccc(C(=O)OCC)cc1. The molecular weight excluding hydrogens is 384 g/mol.